The molecule has 1 aromatic heterocycles. The van der Waals surface area contributed by atoms with Gasteiger partial charge < -0.3 is 21.5 Å². The highest BCUT2D eigenvalue weighted by Gasteiger charge is 2.22. The summed E-state index contributed by atoms with van der Waals surface area (Å²) < 4.78 is 0. The molecule has 1 aromatic rings. The van der Waals surface area contributed by atoms with Crippen LogP contribution in [-0.2, 0) is 4.79 Å². The molecule has 5 N–H and O–H groups in total. The van der Waals surface area contributed by atoms with Crippen molar-refractivity contribution in [3.05, 3.63) is 17.0 Å². The molecule has 0 saturated carbocycles. The Morgan fingerprint density at radius 3 is 2.75 bits per heavy atom. The molecular weight excluding hydrogens is 302 g/mol. The number of rotatable bonds is 7. The third-order valence-corrected chi connectivity index (χ3v) is 3.85. The fourth-order valence-corrected chi connectivity index (χ4v) is 2.70. The van der Waals surface area contributed by atoms with Crippen LogP contribution in [0.1, 0.15) is 16.8 Å². The van der Waals surface area contributed by atoms with E-state index in [9.17, 15) is 14.4 Å². The number of carboxylic acids is 1. The molecule has 0 fully saturated rings. The zero-order chi connectivity index (χ0) is 15.1. The summed E-state index contributed by atoms with van der Waals surface area (Å²) in [5.41, 5.74) is 5.05. The van der Waals surface area contributed by atoms with Crippen molar-refractivity contribution < 1.29 is 19.5 Å². The number of hydrogen-bond donors (Lipinski definition) is 4. The van der Waals surface area contributed by atoms with E-state index < -0.39 is 23.9 Å². The number of nitrogens with two attached hydrogens (primary N) is 1. The lowest BCUT2D eigenvalue weighted by Crippen LogP contribution is -2.46. The maximum absolute atomic E-state index is 12.0. The summed E-state index contributed by atoms with van der Waals surface area (Å²) in [6.07, 6.45) is 2.28. The molecule has 1 atom stereocenters. The summed E-state index contributed by atoms with van der Waals surface area (Å²) in [5, 5.41) is 15.6. The molecule has 20 heavy (non-hydrogen) atoms. The Morgan fingerprint density at radius 2 is 2.20 bits per heavy atom. The second-order valence-electron chi connectivity index (χ2n) is 3.80. The van der Waals surface area contributed by atoms with Crippen molar-refractivity contribution in [2.45, 2.75) is 12.5 Å². The minimum absolute atomic E-state index is 0.0195. The molecule has 0 bridgehead atoms. The van der Waals surface area contributed by atoms with E-state index in [0.29, 0.717) is 12.2 Å². The van der Waals surface area contributed by atoms with Crippen LogP contribution in [0.25, 0.3) is 0 Å². The van der Waals surface area contributed by atoms with Gasteiger partial charge in [-0.2, -0.15) is 11.8 Å². The smallest absolute Gasteiger partial charge is 0.338 e. The summed E-state index contributed by atoms with van der Waals surface area (Å²) in [4.78, 5) is 33.9. The van der Waals surface area contributed by atoms with Crippen molar-refractivity contribution in [2.75, 3.05) is 17.3 Å². The molecule has 3 amide bonds. The molecule has 0 aliphatic carbocycles. The number of urea groups is 1. The van der Waals surface area contributed by atoms with E-state index in [1.54, 1.807) is 5.38 Å². The van der Waals surface area contributed by atoms with Crippen LogP contribution < -0.4 is 16.4 Å². The van der Waals surface area contributed by atoms with Gasteiger partial charge in [-0.15, -0.1) is 11.3 Å². The van der Waals surface area contributed by atoms with Gasteiger partial charge in [0.1, 0.15) is 11.0 Å². The van der Waals surface area contributed by atoms with Gasteiger partial charge in [0, 0.05) is 0 Å². The Kier molecular flexibility index (Phi) is 6.32. The zero-order valence-electron chi connectivity index (χ0n) is 10.7. The third-order valence-electron chi connectivity index (χ3n) is 2.38. The second-order valence-corrected chi connectivity index (χ2v) is 5.70. The molecule has 0 radical (unpaired) electrons. The maximum Gasteiger partial charge on any atom is 0.338 e. The molecule has 0 saturated heterocycles. The Bertz CT molecular complexity index is 504. The molecule has 1 unspecified atom stereocenters. The van der Waals surface area contributed by atoms with Crippen LogP contribution in [0.5, 0.6) is 0 Å². The highest BCUT2D eigenvalue weighted by molar-refractivity contribution is 7.98. The van der Waals surface area contributed by atoms with Gasteiger partial charge in [-0.05, 0) is 29.9 Å². The van der Waals surface area contributed by atoms with Crippen LogP contribution in [0.2, 0.25) is 0 Å². The first-order valence-electron chi connectivity index (χ1n) is 5.62. The summed E-state index contributed by atoms with van der Waals surface area (Å²) in [7, 11) is 0. The molecule has 0 spiro atoms. The van der Waals surface area contributed by atoms with Gasteiger partial charge in [-0.1, -0.05) is 0 Å². The van der Waals surface area contributed by atoms with E-state index in [-0.39, 0.29) is 10.6 Å². The molecule has 0 aromatic carbocycles. The Labute approximate surface area is 123 Å². The fourth-order valence-electron chi connectivity index (χ4n) is 1.45. The lowest BCUT2D eigenvalue weighted by atomic mass is 10.2. The van der Waals surface area contributed by atoms with Crippen molar-refractivity contribution in [3.63, 3.8) is 0 Å². The number of carbonyl (C=O) groups excluding carboxylic acids is 2. The van der Waals surface area contributed by atoms with Crippen LogP contribution in [0.15, 0.2) is 11.4 Å². The number of carboxylic acid groups (broad SMARTS) is 1. The van der Waals surface area contributed by atoms with Crippen molar-refractivity contribution in [3.8, 4) is 0 Å². The second kappa shape index (κ2) is 7.75. The van der Waals surface area contributed by atoms with Crippen molar-refractivity contribution in [2.24, 2.45) is 5.73 Å². The van der Waals surface area contributed by atoms with Crippen molar-refractivity contribution in [1.82, 2.24) is 5.32 Å². The van der Waals surface area contributed by atoms with Crippen molar-refractivity contribution in [1.29, 1.82) is 0 Å². The summed E-state index contributed by atoms with van der Waals surface area (Å²) in [6.45, 7) is 0. The monoisotopic (exact) mass is 317 g/mol. The average Bonchev–Trinajstić information content (AvgIpc) is 2.82. The number of primary amides is 1. The van der Waals surface area contributed by atoms with E-state index in [4.69, 9.17) is 10.8 Å². The van der Waals surface area contributed by atoms with E-state index in [1.165, 1.54) is 17.8 Å². The molecule has 1 heterocycles. The first-order chi connectivity index (χ1) is 9.45. The normalized spacial score (nSPS) is 11.7. The van der Waals surface area contributed by atoms with Crippen LogP contribution in [0.4, 0.5) is 9.80 Å². The standard InChI is InChI=1S/C11H15N3O4S2/c1-19-4-3-7(13-11(12)18)8(15)14-9-6(10(16)17)2-5-20-9/h2,5,7H,3-4H2,1H3,(H,14,15)(H,16,17)(H3,12,13,18). The molecule has 0 aliphatic rings. The molecule has 1 rings (SSSR count). The summed E-state index contributed by atoms with van der Waals surface area (Å²) in [5.74, 6) is -0.943. The SMILES string of the molecule is CSCCC(NC(N)=O)C(=O)Nc1sccc1C(=O)O. The highest BCUT2D eigenvalue weighted by Crippen LogP contribution is 2.23. The largest absolute Gasteiger partial charge is 0.478 e. The number of nitrogens with one attached hydrogen (secondary N) is 2. The number of amides is 3. The number of thioether (sulfide) groups is 1. The quantitative estimate of drug-likeness (QED) is 0.601. The van der Waals surface area contributed by atoms with E-state index in [2.05, 4.69) is 10.6 Å². The van der Waals surface area contributed by atoms with Gasteiger partial charge in [0.15, 0.2) is 0 Å². The predicted molar refractivity (Wildman–Crippen MR) is 79.4 cm³/mol. The zero-order valence-corrected chi connectivity index (χ0v) is 12.3. The van der Waals surface area contributed by atoms with E-state index >= 15 is 0 Å². The Morgan fingerprint density at radius 1 is 1.50 bits per heavy atom. The Hall–Kier alpha value is -1.74. The molecule has 7 nitrogen and oxygen atoms in total. The van der Waals surface area contributed by atoms with Gasteiger partial charge in [-0.3, -0.25) is 4.79 Å². The minimum atomic E-state index is -1.12. The van der Waals surface area contributed by atoms with Crippen LogP contribution in [0.3, 0.4) is 0 Å². The topological polar surface area (TPSA) is 122 Å². The van der Waals surface area contributed by atoms with E-state index in [1.807, 2.05) is 6.26 Å². The van der Waals surface area contributed by atoms with Gasteiger partial charge in [0.25, 0.3) is 0 Å². The first-order valence-corrected chi connectivity index (χ1v) is 7.89. The van der Waals surface area contributed by atoms with Crippen LogP contribution >= 0.6 is 23.1 Å². The van der Waals surface area contributed by atoms with Crippen LogP contribution in [0, 0.1) is 0 Å². The van der Waals surface area contributed by atoms with E-state index in [0.717, 1.165) is 11.3 Å². The summed E-state index contributed by atoms with van der Waals surface area (Å²) >= 11 is 2.63. The third kappa shape index (κ3) is 4.74. The van der Waals surface area contributed by atoms with Gasteiger partial charge in [0.2, 0.25) is 5.91 Å². The number of carbonyl (C=O) groups is 3. The maximum atomic E-state index is 12.0. The predicted octanol–water partition coefficient (Wildman–Crippen LogP) is 1.17. The summed E-state index contributed by atoms with van der Waals surface area (Å²) in [6, 6.07) is -0.180. The van der Waals surface area contributed by atoms with Crippen molar-refractivity contribution >= 4 is 46.0 Å². The average molecular weight is 317 g/mol. The lowest BCUT2D eigenvalue weighted by Gasteiger charge is -2.16. The molecule has 0 aliphatic heterocycles. The van der Waals surface area contributed by atoms with Gasteiger partial charge >= 0.3 is 12.0 Å². The number of aromatic carboxylic acids is 1. The van der Waals surface area contributed by atoms with Gasteiger partial charge in [0.05, 0.1) is 5.56 Å². The van der Waals surface area contributed by atoms with Crippen LogP contribution in [-0.4, -0.2) is 41.1 Å². The number of hydrogen-bond acceptors (Lipinski definition) is 5. The number of anilines is 1. The first kappa shape index (κ1) is 16.3. The number of thiophene rings is 1. The lowest BCUT2D eigenvalue weighted by molar-refractivity contribution is -0.117. The molecule has 110 valence electrons. The fraction of sp³-hybridized carbons (Fsp3) is 0.364. The Balaban J connectivity index is 2.76. The highest BCUT2D eigenvalue weighted by atomic mass is 32.2. The molecule has 9 heteroatoms. The minimum Gasteiger partial charge on any atom is -0.478 e. The molecular formula is C11H15N3O4S2. The van der Waals surface area contributed by atoms with Gasteiger partial charge in [-0.25, -0.2) is 9.59 Å².